The summed E-state index contributed by atoms with van der Waals surface area (Å²) in [6, 6.07) is 20.5. The Balaban J connectivity index is 1.79. The minimum atomic E-state index is -0.548. The number of nitrogens with one attached hydrogen (secondary N) is 1. The van der Waals surface area contributed by atoms with Crippen molar-refractivity contribution in [3.05, 3.63) is 71.8 Å². The Kier molecular flexibility index (Phi) is 7.26. The van der Waals surface area contributed by atoms with Gasteiger partial charge in [0.2, 0.25) is 0 Å². The highest BCUT2D eigenvalue weighted by Crippen LogP contribution is 2.26. The van der Waals surface area contributed by atoms with Gasteiger partial charge in [-0.2, -0.15) is 9.28 Å². The molecule has 2 unspecified atom stereocenters. The van der Waals surface area contributed by atoms with Crippen molar-refractivity contribution < 1.29 is 14.0 Å². The van der Waals surface area contributed by atoms with Crippen molar-refractivity contribution in [2.75, 3.05) is 26.3 Å². The number of carbonyl (C=O) groups excluding carboxylic acids is 1. The Morgan fingerprint density at radius 2 is 1.70 bits per heavy atom. The molecule has 0 radical (unpaired) electrons. The first-order chi connectivity index (χ1) is 14.3. The molecule has 1 heterocycles. The first kappa shape index (κ1) is 22.4. The third kappa shape index (κ3) is 5.67. The van der Waals surface area contributed by atoms with Crippen molar-refractivity contribution in [3.8, 4) is 0 Å². The normalized spacial score (nSPS) is 20.8. The number of benzene rings is 2. The van der Waals surface area contributed by atoms with Gasteiger partial charge in [0.15, 0.2) is 6.17 Å². The van der Waals surface area contributed by atoms with Crippen molar-refractivity contribution in [1.29, 1.82) is 0 Å². The van der Waals surface area contributed by atoms with E-state index in [9.17, 15) is 4.79 Å². The maximum Gasteiger partial charge on any atom is 0.519 e. The van der Waals surface area contributed by atoms with E-state index in [2.05, 4.69) is 34.5 Å². The van der Waals surface area contributed by atoms with Crippen LogP contribution >= 0.6 is 0 Å². The maximum absolute atomic E-state index is 13.4. The van der Waals surface area contributed by atoms with Gasteiger partial charge >= 0.3 is 6.09 Å². The highest BCUT2D eigenvalue weighted by Gasteiger charge is 2.51. The predicted octanol–water partition coefficient (Wildman–Crippen LogP) is 3.29. The number of hydrogen-bond acceptors (Lipinski definition) is 5. The lowest BCUT2D eigenvalue weighted by molar-refractivity contribution is -0.878. The van der Waals surface area contributed by atoms with Crippen LogP contribution in [-0.4, -0.2) is 53.5 Å². The summed E-state index contributed by atoms with van der Waals surface area (Å²) in [5.41, 5.74) is 8.05. The monoisotopic (exact) mass is 411 g/mol. The minimum Gasteiger partial charge on any atom is -0.414 e. The van der Waals surface area contributed by atoms with E-state index >= 15 is 0 Å². The molecule has 0 saturated carbocycles. The number of nitrogens with two attached hydrogens (primary N) is 1. The largest absolute Gasteiger partial charge is 0.519 e. The molecule has 3 N–H and O–H groups in total. The average molecular weight is 412 g/mol. The van der Waals surface area contributed by atoms with Gasteiger partial charge in [-0.15, -0.1) is 0 Å². The lowest BCUT2D eigenvalue weighted by Crippen LogP contribution is -2.66. The van der Waals surface area contributed by atoms with Gasteiger partial charge in [0, 0.05) is 13.1 Å². The zero-order valence-electron chi connectivity index (χ0n) is 18.4. The molecule has 0 aliphatic carbocycles. The summed E-state index contributed by atoms with van der Waals surface area (Å²) in [7, 11) is 0. The summed E-state index contributed by atoms with van der Waals surface area (Å²) < 4.78 is 6.04. The average Bonchev–Trinajstić information content (AvgIpc) is 3.14. The van der Waals surface area contributed by atoms with Crippen LogP contribution in [0.15, 0.2) is 60.7 Å². The van der Waals surface area contributed by atoms with Crippen LogP contribution in [0.2, 0.25) is 0 Å². The Labute approximate surface area is 180 Å². The number of ether oxygens (including phenoxy) is 1. The van der Waals surface area contributed by atoms with Gasteiger partial charge in [-0.1, -0.05) is 60.7 Å². The molecule has 1 aliphatic heterocycles. The maximum atomic E-state index is 13.4. The Morgan fingerprint density at radius 3 is 2.27 bits per heavy atom. The molecule has 0 aromatic heterocycles. The minimum absolute atomic E-state index is 0.174. The highest BCUT2D eigenvalue weighted by atomic mass is 16.6. The van der Waals surface area contributed by atoms with Crippen LogP contribution in [0, 0.1) is 0 Å². The van der Waals surface area contributed by atoms with E-state index in [1.807, 2.05) is 57.2 Å². The molecular formula is C24H35N4O2+. The summed E-state index contributed by atoms with van der Waals surface area (Å²) in [5, 5.41) is 3.54. The molecule has 2 aromatic carbocycles. The number of nitrogens with zero attached hydrogens (tertiary/aromatic N) is 2. The third-order valence-electron chi connectivity index (χ3n) is 5.48. The van der Waals surface area contributed by atoms with E-state index in [0.717, 1.165) is 13.1 Å². The van der Waals surface area contributed by atoms with Gasteiger partial charge in [-0.3, -0.25) is 5.32 Å². The van der Waals surface area contributed by atoms with E-state index in [1.54, 1.807) is 0 Å². The molecule has 3 rings (SSSR count). The number of quaternary nitrogens is 1. The second-order valence-corrected chi connectivity index (χ2v) is 9.04. The Hall–Kier alpha value is -2.25. The smallest absolute Gasteiger partial charge is 0.414 e. The summed E-state index contributed by atoms with van der Waals surface area (Å²) in [5.74, 6) is 0. The topological polar surface area (TPSA) is 67.6 Å². The molecular weight excluding hydrogens is 376 g/mol. The van der Waals surface area contributed by atoms with Gasteiger partial charge in [0.1, 0.15) is 18.8 Å². The van der Waals surface area contributed by atoms with Crippen molar-refractivity contribution in [1.82, 2.24) is 10.2 Å². The van der Waals surface area contributed by atoms with Crippen molar-refractivity contribution in [2.45, 2.75) is 45.6 Å². The van der Waals surface area contributed by atoms with E-state index < -0.39 is 5.60 Å². The number of rotatable bonds is 7. The first-order valence-corrected chi connectivity index (χ1v) is 10.7. The lowest BCUT2D eigenvalue weighted by Gasteiger charge is -2.38. The fourth-order valence-electron chi connectivity index (χ4n) is 3.96. The molecule has 6 heteroatoms. The number of amides is 1. The standard InChI is InChI=1S/C24H35N4O2/c1-24(2,3)30-23(29)28(22(16-25)26-17-20-10-6-4-7-11-20)15-14-27(19-28)18-21-12-8-5-9-13-21/h4-13,22,26H,14-19,25H2,1-3H3/q+1. The summed E-state index contributed by atoms with van der Waals surface area (Å²) in [4.78, 5) is 15.7. The van der Waals surface area contributed by atoms with E-state index in [1.165, 1.54) is 11.1 Å². The molecule has 30 heavy (non-hydrogen) atoms. The molecule has 1 fully saturated rings. The van der Waals surface area contributed by atoms with Crippen molar-refractivity contribution in [3.63, 3.8) is 0 Å². The zero-order chi connectivity index (χ0) is 21.6. The number of carbonyl (C=O) groups is 1. The van der Waals surface area contributed by atoms with Crippen molar-refractivity contribution >= 4 is 6.09 Å². The van der Waals surface area contributed by atoms with Crippen LogP contribution in [0.25, 0.3) is 0 Å². The second kappa shape index (κ2) is 9.71. The molecule has 2 aromatic rings. The summed E-state index contributed by atoms with van der Waals surface area (Å²) in [6.07, 6.45) is -0.435. The molecule has 1 amide bonds. The van der Waals surface area contributed by atoms with E-state index in [-0.39, 0.29) is 16.7 Å². The molecule has 162 valence electrons. The van der Waals surface area contributed by atoms with Crippen LogP contribution in [0.4, 0.5) is 4.79 Å². The van der Waals surface area contributed by atoms with Crippen LogP contribution in [0.3, 0.4) is 0 Å². The highest BCUT2D eigenvalue weighted by molar-refractivity contribution is 5.60. The fraction of sp³-hybridized carbons (Fsp3) is 0.458. The lowest BCUT2D eigenvalue weighted by atomic mass is 10.2. The van der Waals surface area contributed by atoms with E-state index in [4.69, 9.17) is 10.5 Å². The molecule has 2 atom stereocenters. The van der Waals surface area contributed by atoms with Crippen LogP contribution < -0.4 is 11.1 Å². The molecule has 0 spiro atoms. The molecule has 6 nitrogen and oxygen atoms in total. The van der Waals surface area contributed by atoms with Gasteiger partial charge in [-0.25, -0.2) is 4.90 Å². The Morgan fingerprint density at radius 1 is 1.10 bits per heavy atom. The quantitative estimate of drug-likeness (QED) is 0.685. The summed E-state index contributed by atoms with van der Waals surface area (Å²) in [6.45, 7) is 9.61. The molecule has 0 bridgehead atoms. The Bertz CT molecular complexity index is 807. The van der Waals surface area contributed by atoms with Gasteiger partial charge in [0.25, 0.3) is 0 Å². The summed E-state index contributed by atoms with van der Waals surface area (Å²) >= 11 is 0. The molecule has 1 aliphatic rings. The van der Waals surface area contributed by atoms with Gasteiger partial charge in [0.05, 0.1) is 13.1 Å². The third-order valence-corrected chi connectivity index (χ3v) is 5.48. The predicted molar refractivity (Wildman–Crippen MR) is 119 cm³/mol. The van der Waals surface area contributed by atoms with Gasteiger partial charge in [-0.05, 0) is 31.9 Å². The SMILES string of the molecule is CC(C)(C)OC(=O)[N+]1(C(CN)NCc2ccccc2)CCN(Cc2ccccc2)C1. The first-order valence-electron chi connectivity index (χ1n) is 10.7. The van der Waals surface area contributed by atoms with Crippen LogP contribution in [0.1, 0.15) is 31.9 Å². The van der Waals surface area contributed by atoms with Crippen LogP contribution in [0.5, 0.6) is 0 Å². The van der Waals surface area contributed by atoms with E-state index in [0.29, 0.717) is 26.3 Å². The zero-order valence-corrected chi connectivity index (χ0v) is 18.4. The second-order valence-electron chi connectivity index (χ2n) is 9.04. The van der Waals surface area contributed by atoms with Gasteiger partial charge < -0.3 is 10.5 Å². The fourth-order valence-corrected chi connectivity index (χ4v) is 3.96. The van der Waals surface area contributed by atoms with Crippen LogP contribution in [-0.2, 0) is 17.8 Å². The molecule has 1 saturated heterocycles. The van der Waals surface area contributed by atoms with Crippen molar-refractivity contribution in [2.24, 2.45) is 5.73 Å². The number of hydrogen-bond donors (Lipinski definition) is 2.